The second-order valence-corrected chi connectivity index (χ2v) is 5.98. The van der Waals surface area contributed by atoms with Crippen LogP contribution in [0.5, 0.6) is 0 Å². The number of esters is 1. The van der Waals surface area contributed by atoms with Gasteiger partial charge in [0.1, 0.15) is 5.60 Å². The second-order valence-electron chi connectivity index (χ2n) is 5.57. The highest BCUT2D eigenvalue weighted by atomic mass is 35.5. The first-order valence-corrected chi connectivity index (χ1v) is 7.15. The number of hydrogen-bond donors (Lipinski definition) is 2. The van der Waals surface area contributed by atoms with E-state index in [-0.39, 0.29) is 17.8 Å². The summed E-state index contributed by atoms with van der Waals surface area (Å²) < 4.78 is 9.70. The lowest BCUT2D eigenvalue weighted by Crippen LogP contribution is -2.32. The van der Waals surface area contributed by atoms with E-state index in [1.54, 1.807) is 20.8 Å². The Morgan fingerprint density at radius 3 is 2.57 bits per heavy atom. The van der Waals surface area contributed by atoms with Gasteiger partial charge < -0.3 is 20.5 Å². The summed E-state index contributed by atoms with van der Waals surface area (Å²) in [5.74, 6) is 4.91. The van der Waals surface area contributed by atoms with Crippen LogP contribution in [0.4, 0.5) is 10.5 Å². The zero-order valence-corrected chi connectivity index (χ0v) is 14.2. The summed E-state index contributed by atoms with van der Waals surface area (Å²) >= 11 is 6.03. The average molecular weight is 339 g/mol. The minimum absolute atomic E-state index is 0.0726. The molecular weight excluding hydrogens is 320 g/mol. The number of amides is 1. The minimum atomic E-state index is -0.576. The number of rotatable bonds is 2. The van der Waals surface area contributed by atoms with E-state index in [9.17, 15) is 9.59 Å². The fourth-order valence-corrected chi connectivity index (χ4v) is 1.76. The smallest absolute Gasteiger partial charge is 0.408 e. The molecule has 0 spiro atoms. The van der Waals surface area contributed by atoms with Crippen molar-refractivity contribution >= 4 is 29.4 Å². The molecule has 23 heavy (non-hydrogen) atoms. The fraction of sp³-hybridized carbons (Fsp3) is 0.375. The molecule has 1 rings (SSSR count). The molecule has 0 saturated heterocycles. The molecule has 0 aromatic heterocycles. The first-order valence-electron chi connectivity index (χ1n) is 6.77. The van der Waals surface area contributed by atoms with Crippen molar-refractivity contribution in [3.8, 4) is 11.8 Å². The lowest BCUT2D eigenvalue weighted by molar-refractivity contribution is 0.0533. The number of benzene rings is 1. The normalized spacial score (nSPS) is 10.3. The minimum Gasteiger partial charge on any atom is -0.465 e. The maximum Gasteiger partial charge on any atom is 0.408 e. The van der Waals surface area contributed by atoms with Gasteiger partial charge in [0.25, 0.3) is 0 Å². The van der Waals surface area contributed by atoms with Crippen LogP contribution < -0.4 is 11.1 Å². The molecule has 0 saturated carbocycles. The monoisotopic (exact) mass is 338 g/mol. The number of alkyl carbamates (subject to hydrolysis) is 1. The Kier molecular flexibility index (Phi) is 6.28. The standard InChI is InChI=1S/C16H19ClN2O4/c1-16(2,3)23-15(21)19-7-5-6-10-8-11(14(20)22-4)13(18)9-12(10)17/h8-9H,7,18H2,1-4H3,(H,19,21). The quantitative estimate of drug-likeness (QED) is 0.491. The van der Waals surface area contributed by atoms with Gasteiger partial charge in [-0.2, -0.15) is 0 Å². The van der Waals surface area contributed by atoms with Gasteiger partial charge in [0, 0.05) is 11.3 Å². The van der Waals surface area contributed by atoms with Crippen LogP contribution in [0.3, 0.4) is 0 Å². The van der Waals surface area contributed by atoms with Crippen molar-refractivity contribution in [2.75, 3.05) is 19.4 Å². The number of nitrogen functional groups attached to an aromatic ring is 1. The number of ether oxygens (including phenoxy) is 2. The van der Waals surface area contributed by atoms with E-state index in [2.05, 4.69) is 21.9 Å². The summed E-state index contributed by atoms with van der Waals surface area (Å²) in [5, 5.41) is 2.80. The summed E-state index contributed by atoms with van der Waals surface area (Å²) in [6.45, 7) is 5.37. The highest BCUT2D eigenvalue weighted by Crippen LogP contribution is 2.23. The van der Waals surface area contributed by atoms with E-state index in [0.717, 1.165) is 0 Å². The number of nitrogens with two attached hydrogens (primary N) is 1. The van der Waals surface area contributed by atoms with Gasteiger partial charge in [-0.05, 0) is 32.9 Å². The van der Waals surface area contributed by atoms with E-state index in [0.29, 0.717) is 10.6 Å². The maximum atomic E-state index is 11.6. The summed E-state index contributed by atoms with van der Waals surface area (Å²) in [6, 6.07) is 2.88. The Morgan fingerprint density at radius 1 is 1.35 bits per heavy atom. The number of hydrogen-bond acceptors (Lipinski definition) is 5. The Labute approximate surface area is 140 Å². The van der Waals surface area contributed by atoms with Gasteiger partial charge in [0.2, 0.25) is 0 Å². The van der Waals surface area contributed by atoms with E-state index >= 15 is 0 Å². The summed E-state index contributed by atoms with van der Waals surface area (Å²) in [4.78, 5) is 23.0. The highest BCUT2D eigenvalue weighted by molar-refractivity contribution is 6.32. The predicted molar refractivity (Wildman–Crippen MR) is 88.3 cm³/mol. The van der Waals surface area contributed by atoms with Crippen molar-refractivity contribution in [1.82, 2.24) is 5.32 Å². The molecule has 6 nitrogen and oxygen atoms in total. The molecular formula is C16H19ClN2O4. The van der Waals surface area contributed by atoms with Crippen LogP contribution in [0.2, 0.25) is 5.02 Å². The van der Waals surface area contributed by atoms with Gasteiger partial charge in [-0.25, -0.2) is 9.59 Å². The summed E-state index contributed by atoms with van der Waals surface area (Å²) in [5.41, 5.74) is 5.94. The van der Waals surface area contributed by atoms with Crippen LogP contribution in [-0.2, 0) is 9.47 Å². The molecule has 0 heterocycles. The molecule has 1 amide bonds. The van der Waals surface area contributed by atoms with Crippen molar-refractivity contribution in [1.29, 1.82) is 0 Å². The van der Waals surface area contributed by atoms with Crippen molar-refractivity contribution in [3.05, 3.63) is 28.3 Å². The van der Waals surface area contributed by atoms with Crippen LogP contribution in [-0.4, -0.2) is 31.3 Å². The Balaban J connectivity index is 2.79. The molecule has 1 aromatic carbocycles. The lowest BCUT2D eigenvalue weighted by atomic mass is 10.1. The van der Waals surface area contributed by atoms with Gasteiger partial charge in [0.05, 0.1) is 24.2 Å². The van der Waals surface area contributed by atoms with E-state index in [1.807, 2.05) is 0 Å². The molecule has 1 aromatic rings. The van der Waals surface area contributed by atoms with Gasteiger partial charge in [-0.15, -0.1) is 0 Å². The zero-order valence-electron chi connectivity index (χ0n) is 13.5. The molecule has 0 unspecified atom stereocenters. The topological polar surface area (TPSA) is 90.6 Å². The average Bonchev–Trinajstić information content (AvgIpc) is 2.42. The molecule has 3 N–H and O–H groups in total. The molecule has 124 valence electrons. The van der Waals surface area contributed by atoms with Crippen molar-refractivity contribution in [3.63, 3.8) is 0 Å². The molecule has 0 aliphatic rings. The number of nitrogens with one attached hydrogen (secondary N) is 1. The fourth-order valence-electron chi connectivity index (χ4n) is 1.54. The maximum absolute atomic E-state index is 11.6. The van der Waals surface area contributed by atoms with Crippen LogP contribution in [0.25, 0.3) is 0 Å². The number of halogens is 1. The Morgan fingerprint density at radius 2 is 2.00 bits per heavy atom. The molecule has 0 aliphatic heterocycles. The lowest BCUT2D eigenvalue weighted by Gasteiger charge is -2.19. The number of carbonyl (C=O) groups is 2. The van der Waals surface area contributed by atoms with Crippen LogP contribution in [0.15, 0.2) is 12.1 Å². The zero-order chi connectivity index (χ0) is 17.6. The first-order chi connectivity index (χ1) is 10.6. The molecule has 0 aliphatic carbocycles. The predicted octanol–water partition coefficient (Wildman–Crippen LogP) is 2.58. The molecule has 0 fully saturated rings. The van der Waals surface area contributed by atoms with Gasteiger partial charge in [0.15, 0.2) is 0 Å². The second kappa shape index (κ2) is 7.75. The largest absolute Gasteiger partial charge is 0.465 e. The van der Waals surface area contributed by atoms with Gasteiger partial charge in [-0.1, -0.05) is 23.4 Å². The van der Waals surface area contributed by atoms with Crippen LogP contribution >= 0.6 is 11.6 Å². The van der Waals surface area contributed by atoms with Crippen molar-refractivity contribution in [2.24, 2.45) is 0 Å². The van der Waals surface area contributed by atoms with Crippen LogP contribution in [0, 0.1) is 11.8 Å². The number of carbonyl (C=O) groups excluding carboxylic acids is 2. The first kappa shape index (κ1) is 18.7. The number of methoxy groups -OCH3 is 1. The van der Waals surface area contributed by atoms with E-state index in [1.165, 1.54) is 19.2 Å². The third-order valence-electron chi connectivity index (χ3n) is 2.49. The van der Waals surface area contributed by atoms with Crippen LogP contribution in [0.1, 0.15) is 36.7 Å². The Bertz CT molecular complexity index is 669. The van der Waals surface area contributed by atoms with Gasteiger partial charge in [-0.3, -0.25) is 0 Å². The molecule has 0 radical (unpaired) electrons. The molecule has 0 atom stereocenters. The highest BCUT2D eigenvalue weighted by Gasteiger charge is 2.15. The summed E-state index contributed by atoms with van der Waals surface area (Å²) in [7, 11) is 1.26. The van der Waals surface area contributed by atoms with Gasteiger partial charge >= 0.3 is 12.1 Å². The number of anilines is 1. The van der Waals surface area contributed by atoms with E-state index in [4.69, 9.17) is 22.1 Å². The van der Waals surface area contributed by atoms with Crippen molar-refractivity contribution in [2.45, 2.75) is 26.4 Å². The Hall–Kier alpha value is -2.39. The third-order valence-corrected chi connectivity index (χ3v) is 2.80. The summed E-state index contributed by atoms with van der Waals surface area (Å²) in [6.07, 6.45) is -0.564. The third kappa shape index (κ3) is 6.09. The van der Waals surface area contributed by atoms with E-state index < -0.39 is 17.7 Å². The van der Waals surface area contributed by atoms with Crippen molar-refractivity contribution < 1.29 is 19.1 Å². The molecule has 7 heteroatoms. The SMILES string of the molecule is COC(=O)c1cc(C#CCNC(=O)OC(C)(C)C)c(Cl)cc1N. The molecule has 0 bridgehead atoms.